The Hall–Kier alpha value is -1.75. The molecule has 0 saturated carbocycles. The molecule has 2 rings (SSSR count). The van der Waals surface area contributed by atoms with E-state index in [9.17, 15) is 4.79 Å². The lowest BCUT2D eigenvalue weighted by molar-refractivity contribution is 0.0697. The van der Waals surface area contributed by atoms with Crippen LogP contribution in [0.2, 0.25) is 0 Å². The predicted molar refractivity (Wildman–Crippen MR) is 76.5 cm³/mol. The van der Waals surface area contributed by atoms with E-state index in [-0.39, 0.29) is 5.56 Å². The van der Waals surface area contributed by atoms with Crippen molar-refractivity contribution >= 4 is 17.3 Å². The summed E-state index contributed by atoms with van der Waals surface area (Å²) in [6.07, 6.45) is 2.38. The van der Waals surface area contributed by atoms with Gasteiger partial charge in [-0.1, -0.05) is 0 Å². The summed E-state index contributed by atoms with van der Waals surface area (Å²) in [7, 11) is 2.15. The van der Waals surface area contributed by atoms with E-state index >= 15 is 0 Å². The average Bonchev–Trinajstić information content (AvgIpc) is 2.39. The topological polar surface area (TPSA) is 78.6 Å². The molecule has 0 unspecified atom stereocenters. The molecule has 0 bridgehead atoms. The van der Waals surface area contributed by atoms with Gasteiger partial charge in [0.25, 0.3) is 0 Å². The van der Waals surface area contributed by atoms with Crippen LogP contribution in [0, 0.1) is 5.92 Å². The Morgan fingerprint density at radius 3 is 2.74 bits per heavy atom. The van der Waals surface area contributed by atoms with Crippen LogP contribution in [0.5, 0.6) is 0 Å². The molecular weight excluding hydrogens is 242 g/mol. The van der Waals surface area contributed by atoms with E-state index in [1.807, 2.05) is 0 Å². The van der Waals surface area contributed by atoms with Crippen molar-refractivity contribution in [2.24, 2.45) is 5.92 Å². The Balaban J connectivity index is 1.91. The highest BCUT2D eigenvalue weighted by molar-refractivity contribution is 5.90. The lowest BCUT2D eigenvalue weighted by Crippen LogP contribution is -2.33. The van der Waals surface area contributed by atoms with Crippen LogP contribution in [0.25, 0.3) is 0 Å². The number of carbonyl (C=O) groups is 1. The van der Waals surface area contributed by atoms with Crippen molar-refractivity contribution in [3.63, 3.8) is 0 Å². The van der Waals surface area contributed by atoms with Crippen molar-refractivity contribution in [2.45, 2.75) is 12.8 Å². The second-order valence-corrected chi connectivity index (χ2v) is 5.23. The fraction of sp³-hybridized carbons (Fsp3) is 0.500. The predicted octanol–water partition coefficient (Wildman–Crippen LogP) is 1.72. The van der Waals surface area contributed by atoms with Gasteiger partial charge in [-0.15, -0.1) is 0 Å². The second-order valence-electron chi connectivity index (χ2n) is 5.23. The number of nitrogen functional groups attached to an aromatic ring is 1. The number of hydrogen-bond acceptors (Lipinski definition) is 4. The lowest BCUT2D eigenvalue weighted by atomic mass is 9.97. The van der Waals surface area contributed by atoms with Gasteiger partial charge in [-0.2, -0.15) is 0 Å². The fourth-order valence-electron chi connectivity index (χ4n) is 2.38. The van der Waals surface area contributed by atoms with Crippen molar-refractivity contribution in [2.75, 3.05) is 37.7 Å². The van der Waals surface area contributed by atoms with Crippen LogP contribution in [-0.2, 0) is 0 Å². The second kappa shape index (κ2) is 5.93. The number of aromatic carboxylic acids is 1. The number of carboxylic acid groups (broad SMARTS) is 1. The van der Waals surface area contributed by atoms with Crippen molar-refractivity contribution < 1.29 is 9.90 Å². The van der Waals surface area contributed by atoms with Gasteiger partial charge in [-0.25, -0.2) is 4.79 Å². The number of nitrogens with one attached hydrogen (secondary N) is 1. The number of likely N-dealkylation sites (tertiary alicyclic amines) is 1. The third kappa shape index (κ3) is 3.61. The third-order valence-electron chi connectivity index (χ3n) is 3.72. The van der Waals surface area contributed by atoms with Crippen LogP contribution in [-0.4, -0.2) is 42.7 Å². The molecule has 0 spiro atoms. The van der Waals surface area contributed by atoms with Crippen LogP contribution in [0.3, 0.4) is 0 Å². The van der Waals surface area contributed by atoms with Gasteiger partial charge in [-0.05, 0) is 57.1 Å². The monoisotopic (exact) mass is 263 g/mol. The first-order valence-electron chi connectivity index (χ1n) is 6.61. The van der Waals surface area contributed by atoms with Crippen molar-refractivity contribution in [3.8, 4) is 0 Å². The Kier molecular flexibility index (Phi) is 4.27. The lowest BCUT2D eigenvalue weighted by Gasteiger charge is -2.29. The van der Waals surface area contributed by atoms with E-state index < -0.39 is 5.97 Å². The fourth-order valence-corrected chi connectivity index (χ4v) is 2.38. The maximum absolute atomic E-state index is 10.8. The van der Waals surface area contributed by atoms with E-state index in [4.69, 9.17) is 10.8 Å². The smallest absolute Gasteiger partial charge is 0.335 e. The number of carboxylic acids is 1. The molecule has 4 N–H and O–H groups in total. The van der Waals surface area contributed by atoms with Gasteiger partial charge < -0.3 is 21.1 Å². The van der Waals surface area contributed by atoms with Crippen LogP contribution in [0.1, 0.15) is 23.2 Å². The molecule has 19 heavy (non-hydrogen) atoms. The molecule has 1 aliphatic heterocycles. The summed E-state index contributed by atoms with van der Waals surface area (Å²) in [5.74, 6) is -0.289. The Morgan fingerprint density at radius 1 is 1.47 bits per heavy atom. The number of benzene rings is 1. The third-order valence-corrected chi connectivity index (χ3v) is 3.72. The molecule has 1 heterocycles. The molecule has 0 amide bonds. The summed E-state index contributed by atoms with van der Waals surface area (Å²) in [4.78, 5) is 13.2. The summed E-state index contributed by atoms with van der Waals surface area (Å²) in [5, 5.41) is 12.2. The minimum Gasteiger partial charge on any atom is -0.478 e. The van der Waals surface area contributed by atoms with Crippen molar-refractivity contribution in [1.82, 2.24) is 4.90 Å². The van der Waals surface area contributed by atoms with Crippen LogP contribution in [0.15, 0.2) is 18.2 Å². The minimum absolute atomic E-state index is 0.224. The van der Waals surface area contributed by atoms with Gasteiger partial charge in [0, 0.05) is 6.54 Å². The molecule has 1 fully saturated rings. The Labute approximate surface area is 113 Å². The van der Waals surface area contributed by atoms with Crippen LogP contribution < -0.4 is 11.1 Å². The van der Waals surface area contributed by atoms with Gasteiger partial charge in [0.2, 0.25) is 0 Å². The molecule has 0 atom stereocenters. The average molecular weight is 263 g/mol. The largest absolute Gasteiger partial charge is 0.478 e. The van der Waals surface area contributed by atoms with Crippen molar-refractivity contribution in [3.05, 3.63) is 23.8 Å². The highest BCUT2D eigenvalue weighted by Gasteiger charge is 2.16. The minimum atomic E-state index is -0.950. The first-order chi connectivity index (χ1) is 9.06. The number of nitrogens with two attached hydrogens (primary N) is 1. The normalized spacial score (nSPS) is 17.3. The van der Waals surface area contributed by atoms with Gasteiger partial charge in [-0.3, -0.25) is 0 Å². The summed E-state index contributed by atoms with van der Waals surface area (Å²) in [6, 6.07) is 4.82. The maximum atomic E-state index is 10.8. The first-order valence-corrected chi connectivity index (χ1v) is 6.61. The summed E-state index contributed by atoms with van der Waals surface area (Å²) in [5.41, 5.74) is 7.40. The number of hydrogen-bond donors (Lipinski definition) is 3. The van der Waals surface area contributed by atoms with Gasteiger partial charge in [0.1, 0.15) is 0 Å². The van der Waals surface area contributed by atoms with E-state index in [0.29, 0.717) is 11.6 Å². The maximum Gasteiger partial charge on any atom is 0.335 e. The number of anilines is 2. The van der Waals surface area contributed by atoms with Gasteiger partial charge in [0.05, 0.1) is 16.9 Å². The molecule has 1 aromatic rings. The first kappa shape index (κ1) is 13.7. The molecule has 5 heteroatoms. The summed E-state index contributed by atoms with van der Waals surface area (Å²) in [6.45, 7) is 3.17. The summed E-state index contributed by atoms with van der Waals surface area (Å²) < 4.78 is 0. The SMILES string of the molecule is CN1CCC(CNc2ccc(C(=O)O)cc2N)CC1. The molecule has 0 aromatic heterocycles. The molecule has 104 valence electrons. The van der Waals surface area contributed by atoms with E-state index in [1.165, 1.54) is 18.9 Å². The molecule has 5 nitrogen and oxygen atoms in total. The van der Waals surface area contributed by atoms with Gasteiger partial charge in [0.15, 0.2) is 0 Å². The standard InChI is InChI=1S/C14H21N3O2/c1-17-6-4-10(5-7-17)9-16-13-3-2-11(14(18)19)8-12(13)15/h2-3,8,10,16H,4-7,9,15H2,1H3,(H,18,19). The molecular formula is C14H21N3O2. The van der Waals surface area contributed by atoms with Gasteiger partial charge >= 0.3 is 5.97 Å². The van der Waals surface area contributed by atoms with Crippen LogP contribution >= 0.6 is 0 Å². The van der Waals surface area contributed by atoms with E-state index in [0.717, 1.165) is 25.3 Å². The summed E-state index contributed by atoms with van der Waals surface area (Å²) >= 11 is 0. The zero-order valence-corrected chi connectivity index (χ0v) is 11.2. The molecule has 0 radical (unpaired) electrons. The quantitative estimate of drug-likeness (QED) is 0.721. The number of piperidine rings is 1. The zero-order valence-electron chi connectivity index (χ0n) is 11.2. The highest BCUT2D eigenvalue weighted by atomic mass is 16.4. The number of rotatable bonds is 4. The van der Waals surface area contributed by atoms with E-state index in [2.05, 4.69) is 17.3 Å². The van der Waals surface area contributed by atoms with Crippen molar-refractivity contribution in [1.29, 1.82) is 0 Å². The molecule has 1 aromatic carbocycles. The number of nitrogens with zero attached hydrogens (tertiary/aromatic N) is 1. The Morgan fingerprint density at radius 2 is 2.16 bits per heavy atom. The van der Waals surface area contributed by atoms with Crippen LogP contribution in [0.4, 0.5) is 11.4 Å². The molecule has 1 saturated heterocycles. The zero-order chi connectivity index (χ0) is 13.8. The highest BCUT2D eigenvalue weighted by Crippen LogP contribution is 2.22. The Bertz CT molecular complexity index is 454. The van der Waals surface area contributed by atoms with E-state index in [1.54, 1.807) is 12.1 Å². The molecule has 1 aliphatic rings. The molecule has 0 aliphatic carbocycles.